The first-order valence-corrected chi connectivity index (χ1v) is 10.2. The lowest BCUT2D eigenvalue weighted by atomic mass is 9.70. The van der Waals surface area contributed by atoms with Crippen LogP contribution in [0.1, 0.15) is 51.9 Å². The minimum absolute atomic E-state index is 0.202. The SMILES string of the molecule is C[C@@H]1CC[C@@H]([C@@H]2C[C@H]3CC[C@H]2C3)/C(=N\Nc2ccc([N+](=O)[O-])cc2[N+](=O)[O-])C1. The van der Waals surface area contributed by atoms with Gasteiger partial charge in [-0.25, -0.2) is 0 Å². The molecule has 3 saturated carbocycles. The van der Waals surface area contributed by atoms with Gasteiger partial charge in [0, 0.05) is 17.7 Å². The van der Waals surface area contributed by atoms with Crippen molar-refractivity contribution in [1.29, 1.82) is 0 Å². The van der Waals surface area contributed by atoms with E-state index >= 15 is 0 Å². The number of hydrazone groups is 1. The van der Waals surface area contributed by atoms with Crippen LogP contribution in [0, 0.1) is 49.8 Å². The van der Waals surface area contributed by atoms with E-state index in [1.54, 1.807) is 0 Å². The van der Waals surface area contributed by atoms with Gasteiger partial charge in [0.1, 0.15) is 5.69 Å². The highest BCUT2D eigenvalue weighted by molar-refractivity contribution is 5.89. The Kier molecular flexibility index (Phi) is 5.03. The molecule has 8 heteroatoms. The third-order valence-electron chi connectivity index (χ3n) is 6.97. The first-order chi connectivity index (χ1) is 13.4. The summed E-state index contributed by atoms with van der Waals surface area (Å²) >= 11 is 0. The van der Waals surface area contributed by atoms with Crippen LogP contribution in [-0.4, -0.2) is 15.6 Å². The maximum atomic E-state index is 11.4. The highest BCUT2D eigenvalue weighted by Crippen LogP contribution is 2.53. The second-order valence-corrected chi connectivity index (χ2v) is 8.76. The first kappa shape index (κ1) is 18.8. The molecule has 1 aromatic carbocycles. The molecule has 0 aliphatic heterocycles. The maximum Gasteiger partial charge on any atom is 0.301 e. The van der Waals surface area contributed by atoms with Crippen LogP contribution in [0.2, 0.25) is 0 Å². The van der Waals surface area contributed by atoms with Gasteiger partial charge in [0.05, 0.1) is 15.9 Å². The van der Waals surface area contributed by atoms with Gasteiger partial charge in [0.25, 0.3) is 5.69 Å². The Morgan fingerprint density at radius 1 is 1.07 bits per heavy atom. The van der Waals surface area contributed by atoms with Gasteiger partial charge in [-0.05, 0) is 68.3 Å². The fourth-order valence-electron chi connectivity index (χ4n) is 5.63. The third-order valence-corrected chi connectivity index (χ3v) is 6.97. The molecule has 28 heavy (non-hydrogen) atoms. The van der Waals surface area contributed by atoms with E-state index in [-0.39, 0.29) is 17.1 Å². The molecule has 0 heterocycles. The fourth-order valence-corrected chi connectivity index (χ4v) is 5.63. The average Bonchev–Trinajstić information content (AvgIpc) is 3.29. The highest BCUT2D eigenvalue weighted by atomic mass is 16.6. The molecule has 4 rings (SSSR count). The predicted molar refractivity (Wildman–Crippen MR) is 106 cm³/mol. The molecular formula is C20H26N4O4. The lowest BCUT2D eigenvalue weighted by molar-refractivity contribution is -0.393. The monoisotopic (exact) mass is 386 g/mol. The number of benzene rings is 1. The largest absolute Gasteiger partial charge is 0.301 e. The van der Waals surface area contributed by atoms with Crippen molar-refractivity contribution in [3.05, 3.63) is 38.4 Å². The second kappa shape index (κ2) is 7.48. The van der Waals surface area contributed by atoms with E-state index in [1.807, 2.05) is 0 Å². The molecule has 3 fully saturated rings. The molecular weight excluding hydrogens is 360 g/mol. The molecule has 150 valence electrons. The Hall–Kier alpha value is -2.51. The zero-order valence-corrected chi connectivity index (χ0v) is 16.0. The number of nitro groups is 2. The topological polar surface area (TPSA) is 111 Å². The smallest absolute Gasteiger partial charge is 0.272 e. The number of non-ortho nitro benzene ring substituents is 1. The molecule has 0 unspecified atom stereocenters. The lowest BCUT2D eigenvalue weighted by Crippen LogP contribution is -2.33. The summed E-state index contributed by atoms with van der Waals surface area (Å²) in [4.78, 5) is 21.0. The molecule has 3 aliphatic carbocycles. The summed E-state index contributed by atoms with van der Waals surface area (Å²) in [7, 11) is 0. The molecule has 0 saturated heterocycles. The van der Waals surface area contributed by atoms with E-state index in [0.717, 1.165) is 36.5 Å². The Labute approximate surface area is 163 Å². The van der Waals surface area contributed by atoms with E-state index in [4.69, 9.17) is 0 Å². The fraction of sp³-hybridized carbons (Fsp3) is 0.650. The van der Waals surface area contributed by atoms with Gasteiger partial charge >= 0.3 is 5.69 Å². The van der Waals surface area contributed by atoms with Crippen LogP contribution in [-0.2, 0) is 0 Å². The van der Waals surface area contributed by atoms with Crippen molar-refractivity contribution in [3.8, 4) is 0 Å². The normalized spacial score (nSPS) is 33.2. The third kappa shape index (κ3) is 3.59. The van der Waals surface area contributed by atoms with Crippen LogP contribution >= 0.6 is 0 Å². The standard InChI is InChI=1S/C20H26N4O4/c1-12-2-6-16(17-10-13-3-4-14(17)9-13)19(8-12)22-21-18-7-5-15(23(25)26)11-20(18)24(27)28/h5,7,11-14,16-17,21H,2-4,6,8-10H2,1H3/b22-19-/t12-,13+,14+,16+,17-/m1/s1. The summed E-state index contributed by atoms with van der Waals surface area (Å²) in [6.07, 6.45) is 8.59. The van der Waals surface area contributed by atoms with E-state index in [0.29, 0.717) is 17.8 Å². The van der Waals surface area contributed by atoms with Crippen molar-refractivity contribution in [1.82, 2.24) is 0 Å². The van der Waals surface area contributed by atoms with Gasteiger partial charge in [-0.3, -0.25) is 25.7 Å². The van der Waals surface area contributed by atoms with Crippen LogP contribution in [0.15, 0.2) is 23.3 Å². The molecule has 0 amide bonds. The molecule has 0 aromatic heterocycles. The van der Waals surface area contributed by atoms with E-state index < -0.39 is 9.85 Å². The first-order valence-electron chi connectivity index (χ1n) is 10.2. The van der Waals surface area contributed by atoms with Crippen molar-refractivity contribution in [2.45, 2.75) is 51.9 Å². The van der Waals surface area contributed by atoms with Crippen LogP contribution < -0.4 is 5.43 Å². The van der Waals surface area contributed by atoms with Crippen molar-refractivity contribution in [2.24, 2.45) is 34.7 Å². The summed E-state index contributed by atoms with van der Waals surface area (Å²) < 4.78 is 0. The number of nitrogens with one attached hydrogen (secondary N) is 1. The summed E-state index contributed by atoms with van der Waals surface area (Å²) in [6.45, 7) is 2.22. The van der Waals surface area contributed by atoms with Crippen LogP contribution in [0.5, 0.6) is 0 Å². The Morgan fingerprint density at radius 3 is 2.54 bits per heavy atom. The molecule has 1 aromatic rings. The van der Waals surface area contributed by atoms with Gasteiger partial charge in [-0.15, -0.1) is 0 Å². The predicted octanol–water partition coefficient (Wildman–Crippen LogP) is 5.14. The number of nitro benzene ring substituents is 2. The minimum atomic E-state index is -0.628. The number of hydrogen-bond donors (Lipinski definition) is 1. The zero-order chi connectivity index (χ0) is 19.8. The molecule has 0 radical (unpaired) electrons. The average molecular weight is 386 g/mol. The van der Waals surface area contributed by atoms with Gasteiger partial charge < -0.3 is 0 Å². The van der Waals surface area contributed by atoms with Crippen LogP contribution in [0.3, 0.4) is 0 Å². The van der Waals surface area contributed by atoms with Gasteiger partial charge in [-0.1, -0.05) is 13.3 Å². The summed E-state index contributed by atoms with van der Waals surface area (Å²) in [6, 6.07) is 3.63. The quantitative estimate of drug-likeness (QED) is 0.556. The Morgan fingerprint density at radius 2 is 1.89 bits per heavy atom. The minimum Gasteiger partial charge on any atom is -0.272 e. The number of rotatable bonds is 5. The lowest BCUT2D eigenvalue weighted by Gasteiger charge is -2.36. The van der Waals surface area contributed by atoms with Gasteiger partial charge in [0.15, 0.2) is 0 Å². The Balaban J connectivity index is 1.57. The van der Waals surface area contributed by atoms with E-state index in [2.05, 4.69) is 17.5 Å². The number of hydrogen-bond acceptors (Lipinski definition) is 6. The number of nitrogens with zero attached hydrogens (tertiary/aromatic N) is 3. The number of anilines is 1. The Bertz CT molecular complexity index is 824. The number of fused-ring (bicyclic) bond motifs is 2. The van der Waals surface area contributed by atoms with Crippen molar-refractivity contribution < 1.29 is 9.85 Å². The van der Waals surface area contributed by atoms with E-state index in [1.165, 1.54) is 44.2 Å². The van der Waals surface area contributed by atoms with Gasteiger partial charge in [0.2, 0.25) is 0 Å². The molecule has 0 spiro atoms. The molecule has 8 nitrogen and oxygen atoms in total. The van der Waals surface area contributed by atoms with Crippen molar-refractivity contribution in [3.63, 3.8) is 0 Å². The van der Waals surface area contributed by atoms with E-state index in [9.17, 15) is 20.2 Å². The molecule has 2 bridgehead atoms. The zero-order valence-electron chi connectivity index (χ0n) is 16.0. The summed E-state index contributed by atoms with van der Waals surface area (Å²) in [5.41, 5.74) is 3.57. The molecule has 3 aliphatic rings. The molecule has 5 atom stereocenters. The summed E-state index contributed by atoms with van der Waals surface area (Å²) in [5.74, 6) is 3.39. The van der Waals surface area contributed by atoms with Crippen molar-refractivity contribution in [2.75, 3.05) is 5.43 Å². The highest BCUT2D eigenvalue weighted by Gasteiger charge is 2.45. The van der Waals surface area contributed by atoms with Crippen LogP contribution in [0.25, 0.3) is 0 Å². The maximum absolute atomic E-state index is 11.4. The van der Waals surface area contributed by atoms with Crippen LogP contribution in [0.4, 0.5) is 17.1 Å². The van der Waals surface area contributed by atoms with Gasteiger partial charge in [-0.2, -0.15) is 5.10 Å². The second-order valence-electron chi connectivity index (χ2n) is 8.76. The summed E-state index contributed by atoms with van der Waals surface area (Å²) in [5, 5.41) is 26.9. The van der Waals surface area contributed by atoms with Crippen molar-refractivity contribution >= 4 is 22.8 Å². The molecule has 1 N–H and O–H groups in total.